The van der Waals surface area contributed by atoms with Crippen molar-refractivity contribution in [3.63, 3.8) is 0 Å². The van der Waals surface area contributed by atoms with Gasteiger partial charge in [-0.25, -0.2) is 23.5 Å². The lowest BCUT2D eigenvalue weighted by Crippen LogP contribution is -2.27. The van der Waals surface area contributed by atoms with Gasteiger partial charge in [0.1, 0.15) is 5.82 Å². The molecule has 3 rings (SSSR count). The van der Waals surface area contributed by atoms with Crippen molar-refractivity contribution in [2.24, 2.45) is 5.14 Å². The van der Waals surface area contributed by atoms with E-state index in [9.17, 15) is 13.2 Å². The highest BCUT2D eigenvalue weighted by Gasteiger charge is 2.22. The molecule has 0 bridgehead atoms. The number of nitrogens with two attached hydrogens (primary N) is 2. The number of pyridine rings is 1. The molecule has 1 amide bonds. The van der Waals surface area contributed by atoms with Crippen LogP contribution in [0.2, 0.25) is 0 Å². The number of carbonyl (C=O) groups is 1. The molecule has 0 saturated heterocycles. The zero-order chi connectivity index (χ0) is 21.3. The van der Waals surface area contributed by atoms with Gasteiger partial charge in [-0.1, -0.05) is 35.6 Å². The van der Waals surface area contributed by atoms with Gasteiger partial charge in [0.25, 0.3) is 0 Å². The number of rotatable bonds is 5. The molecule has 3 aromatic rings. The second-order valence-corrected chi connectivity index (χ2v) is 9.42. The molecule has 0 aliphatic carbocycles. The lowest BCUT2D eigenvalue weighted by atomic mass is 10.0. The van der Waals surface area contributed by atoms with Crippen LogP contribution in [0, 0.1) is 13.8 Å². The van der Waals surface area contributed by atoms with Crippen molar-refractivity contribution in [3.8, 4) is 11.1 Å². The number of aryl methyl sites for hydroxylation is 2. The highest BCUT2D eigenvalue weighted by atomic mass is 32.2. The number of hydrogen-bond acceptors (Lipinski definition) is 7. The van der Waals surface area contributed by atoms with Crippen molar-refractivity contribution in [2.45, 2.75) is 24.5 Å². The quantitative estimate of drug-likeness (QED) is 0.637. The summed E-state index contributed by atoms with van der Waals surface area (Å²) in [6, 6.07) is 9.45. The predicted octanol–water partition coefficient (Wildman–Crippen LogP) is 2.26. The van der Waals surface area contributed by atoms with Gasteiger partial charge in [-0.15, -0.1) is 0 Å². The van der Waals surface area contributed by atoms with E-state index in [2.05, 4.69) is 9.97 Å². The summed E-state index contributed by atoms with van der Waals surface area (Å²) in [6.45, 7) is 3.49. The fourth-order valence-electron chi connectivity index (χ4n) is 2.79. The Kier molecular flexibility index (Phi) is 5.69. The highest BCUT2D eigenvalue weighted by Crippen LogP contribution is 2.29. The van der Waals surface area contributed by atoms with E-state index in [-0.39, 0.29) is 27.4 Å². The fraction of sp³-hybridized carbons (Fsp3) is 0.211. The van der Waals surface area contributed by atoms with Crippen molar-refractivity contribution in [2.75, 3.05) is 17.7 Å². The molecule has 152 valence electrons. The summed E-state index contributed by atoms with van der Waals surface area (Å²) >= 11 is 0.876. The molecule has 8 nitrogen and oxygen atoms in total. The number of carbonyl (C=O) groups excluding carboxylic acids is 1. The summed E-state index contributed by atoms with van der Waals surface area (Å²) in [5, 5.41) is 5.46. The van der Waals surface area contributed by atoms with Gasteiger partial charge >= 0.3 is 0 Å². The SMILES string of the molecule is Cc1cnc(N)c(-c2ccc(CC(=O)N(C)c3nc(C)c(S(N)(=O)=O)s3)cc2)c1. The Labute approximate surface area is 173 Å². The Morgan fingerprint density at radius 1 is 1.21 bits per heavy atom. The van der Waals surface area contributed by atoms with Crippen LogP contribution in [0.25, 0.3) is 11.1 Å². The zero-order valence-electron chi connectivity index (χ0n) is 16.2. The molecule has 2 heterocycles. The second kappa shape index (κ2) is 7.90. The Bertz CT molecular complexity index is 1170. The maximum atomic E-state index is 12.6. The van der Waals surface area contributed by atoms with Gasteiger partial charge in [0, 0.05) is 18.8 Å². The van der Waals surface area contributed by atoms with Crippen LogP contribution in [-0.4, -0.2) is 31.3 Å². The van der Waals surface area contributed by atoms with Crippen LogP contribution < -0.4 is 15.8 Å². The van der Waals surface area contributed by atoms with Crippen LogP contribution in [-0.2, 0) is 21.2 Å². The number of nitrogens with zero attached hydrogens (tertiary/aromatic N) is 3. The maximum Gasteiger partial charge on any atom is 0.249 e. The first-order valence-corrected chi connectivity index (χ1v) is 11.0. The molecule has 29 heavy (non-hydrogen) atoms. The van der Waals surface area contributed by atoms with Crippen LogP contribution in [0.3, 0.4) is 0 Å². The van der Waals surface area contributed by atoms with Crippen LogP contribution in [0.5, 0.6) is 0 Å². The van der Waals surface area contributed by atoms with Gasteiger partial charge in [-0.3, -0.25) is 9.69 Å². The number of thiazole rings is 1. The third-order valence-corrected chi connectivity index (χ3v) is 7.13. The molecule has 0 aliphatic heterocycles. The van der Waals surface area contributed by atoms with Crippen LogP contribution in [0.15, 0.2) is 40.7 Å². The summed E-state index contributed by atoms with van der Waals surface area (Å²) in [4.78, 5) is 22.3. The van der Waals surface area contributed by atoms with Crippen molar-refractivity contribution >= 4 is 38.2 Å². The Balaban J connectivity index is 1.76. The van der Waals surface area contributed by atoms with Gasteiger partial charge in [-0.05, 0) is 36.6 Å². The lowest BCUT2D eigenvalue weighted by Gasteiger charge is -2.14. The molecule has 0 atom stereocenters. The minimum atomic E-state index is -3.87. The molecule has 0 spiro atoms. The zero-order valence-corrected chi connectivity index (χ0v) is 17.8. The first-order chi connectivity index (χ1) is 13.6. The number of likely N-dealkylation sites (N-methyl/N-ethyl adjacent to an activating group) is 1. The third-order valence-electron chi connectivity index (χ3n) is 4.34. The number of aromatic nitrogens is 2. The number of sulfonamides is 1. The fourth-order valence-corrected chi connectivity index (χ4v) is 4.72. The summed E-state index contributed by atoms with van der Waals surface area (Å²) in [7, 11) is -2.31. The summed E-state index contributed by atoms with van der Waals surface area (Å²) in [5.41, 5.74) is 9.81. The minimum Gasteiger partial charge on any atom is -0.383 e. The first-order valence-electron chi connectivity index (χ1n) is 8.64. The van der Waals surface area contributed by atoms with Crippen molar-refractivity contribution < 1.29 is 13.2 Å². The standard InChI is InChI=1S/C19H21N5O3S2/c1-11-8-15(17(20)22-10-11)14-6-4-13(5-7-14)9-16(25)24(3)19-23-12(2)18(28-19)29(21,26)27/h4-8,10H,9H2,1-3H3,(H2,20,22)(H2,21,26,27). The molecule has 0 fully saturated rings. The lowest BCUT2D eigenvalue weighted by molar-refractivity contribution is -0.117. The largest absolute Gasteiger partial charge is 0.383 e. The molecule has 0 aliphatic rings. The van der Waals surface area contributed by atoms with E-state index in [0.29, 0.717) is 5.82 Å². The summed E-state index contributed by atoms with van der Waals surface area (Å²) in [6.07, 6.45) is 1.85. The van der Waals surface area contributed by atoms with Gasteiger partial charge in [-0.2, -0.15) is 0 Å². The van der Waals surface area contributed by atoms with E-state index in [1.54, 1.807) is 20.2 Å². The molecule has 1 aromatic carbocycles. The second-order valence-electron chi connectivity index (χ2n) is 6.69. The number of anilines is 2. The first kappa shape index (κ1) is 20.9. The van der Waals surface area contributed by atoms with E-state index in [1.165, 1.54) is 4.90 Å². The van der Waals surface area contributed by atoms with Gasteiger partial charge in [0.05, 0.1) is 12.1 Å². The smallest absolute Gasteiger partial charge is 0.249 e. The molecule has 2 aromatic heterocycles. The maximum absolute atomic E-state index is 12.6. The van der Waals surface area contributed by atoms with Crippen molar-refractivity contribution in [1.29, 1.82) is 0 Å². The number of amides is 1. The number of nitrogen functional groups attached to an aromatic ring is 1. The molecule has 0 unspecified atom stereocenters. The van der Waals surface area contributed by atoms with Crippen LogP contribution in [0.4, 0.5) is 10.9 Å². The number of benzene rings is 1. The van der Waals surface area contributed by atoms with E-state index >= 15 is 0 Å². The Hall–Kier alpha value is -2.82. The predicted molar refractivity (Wildman–Crippen MR) is 114 cm³/mol. The average Bonchev–Trinajstić information content (AvgIpc) is 3.06. The molecule has 4 N–H and O–H groups in total. The van der Waals surface area contributed by atoms with E-state index in [4.69, 9.17) is 10.9 Å². The normalized spacial score (nSPS) is 11.4. The van der Waals surface area contributed by atoms with Gasteiger partial charge in [0.2, 0.25) is 15.9 Å². The number of primary sulfonamides is 1. The third kappa shape index (κ3) is 4.61. The van der Waals surface area contributed by atoms with E-state index in [1.807, 2.05) is 37.3 Å². The monoisotopic (exact) mass is 431 g/mol. The van der Waals surface area contributed by atoms with E-state index in [0.717, 1.165) is 33.6 Å². The summed E-state index contributed by atoms with van der Waals surface area (Å²) < 4.78 is 23.1. The molecular weight excluding hydrogens is 410 g/mol. The molecular formula is C19H21N5O3S2. The highest BCUT2D eigenvalue weighted by molar-refractivity contribution is 7.91. The van der Waals surface area contributed by atoms with Crippen molar-refractivity contribution in [3.05, 3.63) is 53.3 Å². The van der Waals surface area contributed by atoms with Gasteiger partial charge in [0.15, 0.2) is 9.34 Å². The molecule has 10 heteroatoms. The Morgan fingerprint density at radius 2 is 1.86 bits per heavy atom. The topological polar surface area (TPSA) is 132 Å². The molecule has 0 radical (unpaired) electrons. The molecule has 0 saturated carbocycles. The average molecular weight is 432 g/mol. The van der Waals surface area contributed by atoms with Crippen LogP contribution >= 0.6 is 11.3 Å². The van der Waals surface area contributed by atoms with Gasteiger partial charge < -0.3 is 5.73 Å². The van der Waals surface area contributed by atoms with Crippen LogP contribution in [0.1, 0.15) is 16.8 Å². The summed E-state index contributed by atoms with van der Waals surface area (Å²) in [5.74, 6) is 0.230. The van der Waals surface area contributed by atoms with Crippen molar-refractivity contribution in [1.82, 2.24) is 9.97 Å². The Morgan fingerprint density at radius 3 is 2.45 bits per heavy atom. The van der Waals surface area contributed by atoms with E-state index < -0.39 is 10.0 Å². The number of hydrogen-bond donors (Lipinski definition) is 2. The minimum absolute atomic E-state index is 0.0409.